The molecule has 1 aliphatic heterocycles. The predicted molar refractivity (Wildman–Crippen MR) is 69.9 cm³/mol. The number of esters is 1. The van der Waals surface area contributed by atoms with Crippen molar-refractivity contribution in [3.8, 4) is 0 Å². The van der Waals surface area contributed by atoms with Crippen LogP contribution in [0.3, 0.4) is 0 Å². The van der Waals surface area contributed by atoms with E-state index in [9.17, 15) is 4.79 Å². The fourth-order valence-corrected chi connectivity index (χ4v) is 2.80. The SMILES string of the molecule is [CH2]C(CCCOC(=O)C=CC)C1CCC2OC2C1. The van der Waals surface area contributed by atoms with Crippen LogP contribution in [0, 0.1) is 18.8 Å². The van der Waals surface area contributed by atoms with Gasteiger partial charge >= 0.3 is 5.97 Å². The zero-order valence-electron chi connectivity index (χ0n) is 11.1. The van der Waals surface area contributed by atoms with Crippen LogP contribution in [-0.4, -0.2) is 24.8 Å². The van der Waals surface area contributed by atoms with Crippen LogP contribution >= 0.6 is 0 Å². The monoisotopic (exact) mass is 251 g/mol. The van der Waals surface area contributed by atoms with Gasteiger partial charge in [0.05, 0.1) is 18.8 Å². The highest BCUT2D eigenvalue weighted by Crippen LogP contribution is 2.42. The van der Waals surface area contributed by atoms with Gasteiger partial charge in [-0.1, -0.05) is 6.08 Å². The summed E-state index contributed by atoms with van der Waals surface area (Å²) in [6.45, 7) is 6.57. The molecule has 1 radical (unpaired) electrons. The third-order valence-corrected chi connectivity index (χ3v) is 3.98. The molecule has 2 fully saturated rings. The van der Waals surface area contributed by atoms with E-state index in [4.69, 9.17) is 9.47 Å². The van der Waals surface area contributed by atoms with Crippen molar-refractivity contribution in [3.05, 3.63) is 19.1 Å². The molecule has 101 valence electrons. The molecule has 1 aliphatic carbocycles. The molecule has 1 saturated carbocycles. The molecular formula is C15H23O3. The van der Waals surface area contributed by atoms with Crippen molar-refractivity contribution in [1.29, 1.82) is 0 Å². The van der Waals surface area contributed by atoms with Crippen LogP contribution in [0.15, 0.2) is 12.2 Å². The standard InChI is InChI=1S/C15H23O3/c1-3-5-15(16)17-9-4-6-11(2)12-7-8-13-14(10-12)18-13/h3,5,11-14H,2,4,6-10H2,1H3. The van der Waals surface area contributed by atoms with Gasteiger partial charge in [-0.3, -0.25) is 0 Å². The summed E-state index contributed by atoms with van der Waals surface area (Å²) in [5.41, 5.74) is 0. The summed E-state index contributed by atoms with van der Waals surface area (Å²) in [5, 5.41) is 0. The largest absolute Gasteiger partial charge is 0.463 e. The van der Waals surface area contributed by atoms with Crippen LogP contribution in [0.1, 0.15) is 39.0 Å². The van der Waals surface area contributed by atoms with Crippen LogP contribution in [-0.2, 0) is 14.3 Å². The van der Waals surface area contributed by atoms with E-state index >= 15 is 0 Å². The number of rotatable bonds is 6. The minimum Gasteiger partial charge on any atom is -0.463 e. The van der Waals surface area contributed by atoms with E-state index in [1.807, 2.05) is 6.92 Å². The summed E-state index contributed by atoms with van der Waals surface area (Å²) in [4.78, 5) is 11.1. The molecule has 0 spiro atoms. The smallest absolute Gasteiger partial charge is 0.330 e. The molecule has 1 saturated heterocycles. The average Bonchev–Trinajstić information content (AvgIpc) is 3.12. The van der Waals surface area contributed by atoms with Gasteiger partial charge in [-0.25, -0.2) is 4.79 Å². The first-order chi connectivity index (χ1) is 8.70. The molecule has 0 aromatic heterocycles. The summed E-state index contributed by atoms with van der Waals surface area (Å²) < 4.78 is 10.6. The average molecular weight is 251 g/mol. The third kappa shape index (κ3) is 3.84. The van der Waals surface area contributed by atoms with E-state index in [-0.39, 0.29) is 5.97 Å². The Morgan fingerprint density at radius 1 is 1.50 bits per heavy atom. The zero-order chi connectivity index (χ0) is 13.0. The highest BCUT2D eigenvalue weighted by molar-refractivity contribution is 5.81. The number of carbonyl (C=O) groups excluding carboxylic acids is 1. The summed E-state index contributed by atoms with van der Waals surface area (Å²) in [6, 6.07) is 0. The number of allylic oxidation sites excluding steroid dienone is 1. The van der Waals surface area contributed by atoms with E-state index < -0.39 is 0 Å². The van der Waals surface area contributed by atoms with Crippen molar-refractivity contribution >= 4 is 5.97 Å². The number of hydrogen-bond donors (Lipinski definition) is 0. The summed E-state index contributed by atoms with van der Waals surface area (Å²) >= 11 is 0. The number of ether oxygens (including phenoxy) is 2. The molecule has 2 aliphatic rings. The van der Waals surface area contributed by atoms with Gasteiger partial charge in [-0.05, 0) is 57.8 Å². The fourth-order valence-electron chi connectivity index (χ4n) is 2.80. The molecule has 18 heavy (non-hydrogen) atoms. The molecule has 0 aromatic rings. The van der Waals surface area contributed by atoms with Crippen molar-refractivity contribution in [2.75, 3.05) is 6.61 Å². The molecule has 4 unspecified atom stereocenters. The van der Waals surface area contributed by atoms with Crippen LogP contribution in [0.25, 0.3) is 0 Å². The fraction of sp³-hybridized carbons (Fsp3) is 0.733. The molecule has 2 rings (SSSR count). The Morgan fingerprint density at radius 2 is 2.33 bits per heavy atom. The van der Waals surface area contributed by atoms with Gasteiger partial charge in [0.2, 0.25) is 0 Å². The van der Waals surface area contributed by atoms with E-state index in [2.05, 4.69) is 6.92 Å². The van der Waals surface area contributed by atoms with E-state index in [1.54, 1.807) is 6.08 Å². The molecule has 0 bridgehead atoms. The van der Waals surface area contributed by atoms with Crippen molar-refractivity contribution in [2.24, 2.45) is 11.8 Å². The third-order valence-electron chi connectivity index (χ3n) is 3.98. The summed E-state index contributed by atoms with van der Waals surface area (Å²) in [6.07, 6.45) is 9.81. The highest BCUT2D eigenvalue weighted by atomic mass is 16.6. The maximum atomic E-state index is 11.1. The van der Waals surface area contributed by atoms with Crippen LogP contribution in [0.2, 0.25) is 0 Å². The molecule has 3 heteroatoms. The maximum absolute atomic E-state index is 11.1. The normalized spacial score (nSPS) is 32.0. The minimum atomic E-state index is -0.245. The van der Waals surface area contributed by atoms with E-state index in [0.29, 0.717) is 30.7 Å². The zero-order valence-corrected chi connectivity index (χ0v) is 11.1. The first-order valence-corrected chi connectivity index (χ1v) is 6.98. The van der Waals surface area contributed by atoms with Crippen molar-refractivity contribution in [1.82, 2.24) is 0 Å². The summed E-state index contributed by atoms with van der Waals surface area (Å²) in [5.74, 6) is 0.917. The van der Waals surface area contributed by atoms with E-state index in [0.717, 1.165) is 12.8 Å². The molecule has 4 atom stereocenters. The molecule has 0 N–H and O–H groups in total. The predicted octanol–water partition coefficient (Wildman–Crippen LogP) is 2.90. The van der Waals surface area contributed by atoms with Crippen molar-refractivity contribution < 1.29 is 14.3 Å². The Hall–Kier alpha value is -0.830. The lowest BCUT2D eigenvalue weighted by atomic mass is 9.79. The Kier molecular flexibility index (Phi) is 4.81. The Labute approximate surface area is 110 Å². The molecule has 0 amide bonds. The van der Waals surface area contributed by atoms with Crippen LogP contribution in [0.4, 0.5) is 0 Å². The van der Waals surface area contributed by atoms with Gasteiger partial charge in [0, 0.05) is 6.08 Å². The number of carbonyl (C=O) groups is 1. The molecule has 0 aromatic carbocycles. The molecular weight excluding hydrogens is 228 g/mol. The minimum absolute atomic E-state index is 0.245. The first kappa shape index (κ1) is 13.6. The molecule has 1 heterocycles. The van der Waals surface area contributed by atoms with Gasteiger partial charge < -0.3 is 9.47 Å². The van der Waals surface area contributed by atoms with Crippen molar-refractivity contribution in [3.63, 3.8) is 0 Å². The van der Waals surface area contributed by atoms with Crippen molar-refractivity contribution in [2.45, 2.75) is 51.2 Å². The Balaban J connectivity index is 1.56. The topological polar surface area (TPSA) is 38.8 Å². The Morgan fingerprint density at radius 3 is 3.06 bits per heavy atom. The second-order valence-electron chi connectivity index (χ2n) is 5.36. The lowest BCUT2D eigenvalue weighted by Crippen LogP contribution is -2.20. The lowest BCUT2D eigenvalue weighted by molar-refractivity contribution is -0.137. The van der Waals surface area contributed by atoms with Gasteiger partial charge in [0.25, 0.3) is 0 Å². The maximum Gasteiger partial charge on any atom is 0.330 e. The quantitative estimate of drug-likeness (QED) is 0.315. The van der Waals surface area contributed by atoms with Gasteiger partial charge in [0.1, 0.15) is 0 Å². The summed E-state index contributed by atoms with van der Waals surface area (Å²) in [7, 11) is 0. The number of fused-ring (bicyclic) bond motifs is 1. The van der Waals surface area contributed by atoms with Gasteiger partial charge in [-0.2, -0.15) is 0 Å². The second-order valence-corrected chi connectivity index (χ2v) is 5.36. The highest BCUT2D eigenvalue weighted by Gasteiger charge is 2.44. The second kappa shape index (κ2) is 6.37. The lowest BCUT2D eigenvalue weighted by Gasteiger charge is -2.25. The van der Waals surface area contributed by atoms with E-state index in [1.165, 1.54) is 25.3 Å². The van der Waals surface area contributed by atoms with Gasteiger partial charge in [0.15, 0.2) is 0 Å². The van der Waals surface area contributed by atoms with Gasteiger partial charge in [-0.15, -0.1) is 0 Å². The number of hydrogen-bond acceptors (Lipinski definition) is 3. The van der Waals surface area contributed by atoms with Crippen LogP contribution in [0.5, 0.6) is 0 Å². The van der Waals surface area contributed by atoms with Crippen LogP contribution < -0.4 is 0 Å². The molecule has 3 nitrogen and oxygen atoms in total. The Bertz CT molecular complexity index is 311. The number of epoxide rings is 1. The first-order valence-electron chi connectivity index (χ1n) is 6.98.